The fourth-order valence-corrected chi connectivity index (χ4v) is 1.97. The molecular formula is C17H20N4O4. The zero-order valence-corrected chi connectivity index (χ0v) is 13.8. The second-order valence-corrected chi connectivity index (χ2v) is 5.20. The second-order valence-electron chi connectivity index (χ2n) is 5.20. The summed E-state index contributed by atoms with van der Waals surface area (Å²) in [4.78, 5) is 25.1. The number of anilines is 1. The first-order valence-corrected chi connectivity index (χ1v) is 7.66. The topological polar surface area (TPSA) is 107 Å². The molecule has 2 amide bonds. The van der Waals surface area contributed by atoms with Gasteiger partial charge < -0.3 is 19.7 Å². The van der Waals surface area contributed by atoms with Crippen LogP contribution in [0, 0.1) is 0 Å². The van der Waals surface area contributed by atoms with Gasteiger partial charge in [0.15, 0.2) is 0 Å². The van der Waals surface area contributed by atoms with Crippen molar-refractivity contribution in [2.24, 2.45) is 5.10 Å². The maximum absolute atomic E-state index is 11.6. The molecule has 8 nitrogen and oxygen atoms in total. The minimum atomic E-state index is -0.859. The van der Waals surface area contributed by atoms with Crippen molar-refractivity contribution < 1.29 is 19.1 Å². The molecule has 0 aliphatic carbocycles. The molecular weight excluding hydrogens is 324 g/mol. The van der Waals surface area contributed by atoms with Gasteiger partial charge in [-0.2, -0.15) is 5.10 Å². The van der Waals surface area contributed by atoms with Gasteiger partial charge in [0.05, 0.1) is 25.6 Å². The quantitative estimate of drug-likeness (QED) is 0.385. The minimum Gasteiger partial charge on any atom is -0.467 e. The number of hydrogen-bond donors (Lipinski definition) is 3. The third kappa shape index (κ3) is 5.78. The van der Waals surface area contributed by atoms with Gasteiger partial charge in [-0.25, -0.2) is 5.43 Å². The number of furan rings is 1. The van der Waals surface area contributed by atoms with Crippen LogP contribution in [0.25, 0.3) is 0 Å². The largest absolute Gasteiger partial charge is 0.467 e. The van der Waals surface area contributed by atoms with Crippen LogP contribution in [0.2, 0.25) is 0 Å². The normalized spacial score (nSPS) is 10.6. The molecule has 1 aromatic carbocycles. The Kier molecular flexibility index (Phi) is 6.73. The van der Waals surface area contributed by atoms with E-state index in [-0.39, 0.29) is 13.2 Å². The van der Waals surface area contributed by atoms with Crippen LogP contribution in [-0.4, -0.2) is 43.3 Å². The summed E-state index contributed by atoms with van der Waals surface area (Å²) in [5.41, 5.74) is 3.88. The molecule has 0 unspecified atom stereocenters. The molecule has 8 heteroatoms. The summed E-state index contributed by atoms with van der Waals surface area (Å²) in [5.74, 6) is -1.10. The third-order valence-corrected chi connectivity index (χ3v) is 3.36. The van der Waals surface area contributed by atoms with Crippen molar-refractivity contribution in [1.82, 2.24) is 10.7 Å². The standard InChI is InChI=1S/C17H20N4O4/c1-21(8-9-22)14-6-4-13(5-7-14)11-19-20-17(24)16(23)18-12-15-3-2-10-25-15/h2-7,10-11,22H,8-9,12H2,1H3,(H,18,23)(H,20,24)/b19-11+. The van der Waals surface area contributed by atoms with Gasteiger partial charge >= 0.3 is 11.8 Å². The first-order valence-electron chi connectivity index (χ1n) is 7.66. The van der Waals surface area contributed by atoms with Crippen molar-refractivity contribution in [3.05, 3.63) is 54.0 Å². The van der Waals surface area contributed by atoms with Crippen molar-refractivity contribution in [2.75, 3.05) is 25.1 Å². The number of nitrogens with zero attached hydrogens (tertiary/aromatic N) is 2. The van der Waals surface area contributed by atoms with Gasteiger partial charge in [0.25, 0.3) is 0 Å². The Balaban J connectivity index is 1.79. The maximum Gasteiger partial charge on any atom is 0.329 e. The van der Waals surface area contributed by atoms with E-state index in [9.17, 15) is 9.59 Å². The summed E-state index contributed by atoms with van der Waals surface area (Å²) >= 11 is 0. The highest BCUT2D eigenvalue weighted by atomic mass is 16.3. The highest BCUT2D eigenvalue weighted by Gasteiger charge is 2.12. The number of amides is 2. The van der Waals surface area contributed by atoms with E-state index in [0.29, 0.717) is 12.3 Å². The van der Waals surface area contributed by atoms with Crippen LogP contribution < -0.4 is 15.6 Å². The highest BCUT2D eigenvalue weighted by Crippen LogP contribution is 2.12. The summed E-state index contributed by atoms with van der Waals surface area (Å²) < 4.78 is 5.05. The average molecular weight is 344 g/mol. The number of nitrogens with one attached hydrogen (secondary N) is 2. The van der Waals surface area contributed by atoms with Gasteiger partial charge in [-0.15, -0.1) is 0 Å². The molecule has 0 radical (unpaired) electrons. The molecule has 1 aromatic heterocycles. The van der Waals surface area contributed by atoms with Crippen molar-refractivity contribution in [1.29, 1.82) is 0 Å². The molecule has 0 saturated heterocycles. The smallest absolute Gasteiger partial charge is 0.329 e. The van der Waals surface area contributed by atoms with Crippen LogP contribution >= 0.6 is 0 Å². The zero-order valence-electron chi connectivity index (χ0n) is 13.8. The number of aliphatic hydroxyl groups excluding tert-OH is 1. The molecule has 2 rings (SSSR count). The Bertz CT molecular complexity index is 711. The molecule has 0 atom stereocenters. The van der Waals surface area contributed by atoms with E-state index in [2.05, 4.69) is 15.8 Å². The van der Waals surface area contributed by atoms with E-state index in [4.69, 9.17) is 9.52 Å². The Labute approximate surface area is 145 Å². The van der Waals surface area contributed by atoms with Gasteiger partial charge in [-0.1, -0.05) is 12.1 Å². The van der Waals surface area contributed by atoms with E-state index in [1.807, 2.05) is 36.2 Å². The molecule has 2 aromatic rings. The lowest BCUT2D eigenvalue weighted by Gasteiger charge is -2.17. The molecule has 1 heterocycles. The number of hydrazone groups is 1. The van der Waals surface area contributed by atoms with Crippen molar-refractivity contribution in [2.45, 2.75) is 6.54 Å². The van der Waals surface area contributed by atoms with Crippen molar-refractivity contribution in [3.63, 3.8) is 0 Å². The van der Waals surface area contributed by atoms with E-state index < -0.39 is 11.8 Å². The number of carbonyl (C=O) groups excluding carboxylic acids is 2. The number of hydrogen-bond acceptors (Lipinski definition) is 6. The lowest BCUT2D eigenvalue weighted by molar-refractivity contribution is -0.139. The van der Waals surface area contributed by atoms with Gasteiger partial charge in [-0.3, -0.25) is 9.59 Å². The van der Waals surface area contributed by atoms with Gasteiger partial charge in [-0.05, 0) is 29.8 Å². The number of benzene rings is 1. The summed E-state index contributed by atoms with van der Waals surface area (Å²) in [5, 5.41) is 15.1. The molecule has 0 saturated carbocycles. The fraction of sp³-hybridized carbons (Fsp3) is 0.235. The molecule has 25 heavy (non-hydrogen) atoms. The minimum absolute atomic E-state index is 0.0771. The molecule has 132 valence electrons. The van der Waals surface area contributed by atoms with Crippen LogP contribution in [-0.2, 0) is 16.1 Å². The summed E-state index contributed by atoms with van der Waals surface area (Å²) in [6.07, 6.45) is 2.92. The Morgan fingerprint density at radius 2 is 2.00 bits per heavy atom. The second kappa shape index (κ2) is 9.24. The number of likely N-dealkylation sites (N-methyl/N-ethyl adjacent to an activating group) is 1. The molecule has 0 aliphatic rings. The van der Waals surface area contributed by atoms with Gasteiger partial charge in [0.1, 0.15) is 5.76 Å². The third-order valence-electron chi connectivity index (χ3n) is 3.36. The van der Waals surface area contributed by atoms with E-state index >= 15 is 0 Å². The molecule has 0 bridgehead atoms. The van der Waals surface area contributed by atoms with Crippen LogP contribution in [0.1, 0.15) is 11.3 Å². The Hall–Kier alpha value is -3.13. The van der Waals surface area contributed by atoms with Crippen molar-refractivity contribution >= 4 is 23.7 Å². The van der Waals surface area contributed by atoms with Crippen LogP contribution in [0.15, 0.2) is 52.2 Å². The lowest BCUT2D eigenvalue weighted by Crippen LogP contribution is -2.37. The predicted molar refractivity (Wildman–Crippen MR) is 93.1 cm³/mol. The van der Waals surface area contributed by atoms with Crippen molar-refractivity contribution in [3.8, 4) is 0 Å². The first-order chi connectivity index (χ1) is 12.1. The maximum atomic E-state index is 11.6. The molecule has 0 aliphatic heterocycles. The van der Waals surface area contributed by atoms with Crippen LogP contribution in [0.4, 0.5) is 5.69 Å². The highest BCUT2D eigenvalue weighted by molar-refractivity contribution is 6.35. The Morgan fingerprint density at radius 3 is 2.64 bits per heavy atom. The Morgan fingerprint density at radius 1 is 1.24 bits per heavy atom. The summed E-state index contributed by atoms with van der Waals surface area (Å²) in [7, 11) is 1.88. The van der Waals surface area contributed by atoms with E-state index in [1.54, 1.807) is 12.1 Å². The summed E-state index contributed by atoms with van der Waals surface area (Å²) in [6, 6.07) is 10.8. The SMILES string of the molecule is CN(CCO)c1ccc(/C=N/NC(=O)C(=O)NCc2ccco2)cc1. The van der Waals surface area contributed by atoms with Gasteiger partial charge in [0, 0.05) is 19.3 Å². The zero-order chi connectivity index (χ0) is 18.1. The lowest BCUT2D eigenvalue weighted by atomic mass is 10.2. The fourth-order valence-electron chi connectivity index (χ4n) is 1.97. The number of carbonyl (C=O) groups is 2. The molecule has 3 N–H and O–H groups in total. The van der Waals surface area contributed by atoms with Gasteiger partial charge in [0.2, 0.25) is 0 Å². The van der Waals surface area contributed by atoms with E-state index in [0.717, 1.165) is 11.3 Å². The monoisotopic (exact) mass is 344 g/mol. The average Bonchev–Trinajstić information content (AvgIpc) is 3.14. The molecule has 0 fully saturated rings. The summed E-state index contributed by atoms with van der Waals surface area (Å²) in [6.45, 7) is 0.746. The van der Waals surface area contributed by atoms with Crippen LogP contribution in [0.3, 0.4) is 0 Å². The number of aliphatic hydroxyl groups is 1. The molecule has 0 spiro atoms. The number of rotatable bonds is 7. The van der Waals surface area contributed by atoms with E-state index in [1.165, 1.54) is 12.5 Å². The predicted octanol–water partition coefficient (Wildman–Crippen LogP) is 0.475. The first kappa shape index (κ1) is 18.2. The van der Waals surface area contributed by atoms with Crippen LogP contribution in [0.5, 0.6) is 0 Å².